The lowest BCUT2D eigenvalue weighted by Gasteiger charge is -2.10. The van der Waals surface area contributed by atoms with Crippen molar-refractivity contribution in [3.63, 3.8) is 0 Å². The summed E-state index contributed by atoms with van der Waals surface area (Å²) in [5, 5.41) is 9.39. The molecule has 3 aromatic rings. The summed E-state index contributed by atoms with van der Waals surface area (Å²) in [6.45, 7) is 0. The molecule has 0 spiro atoms. The molecule has 3 aromatic carbocycles. The number of hydrogen-bond acceptors (Lipinski definition) is 2. The fourth-order valence-corrected chi connectivity index (χ4v) is 2.85. The number of nitrogens with one attached hydrogen (secondary N) is 2. The van der Waals surface area contributed by atoms with Gasteiger partial charge in [0.2, 0.25) is 0 Å². The van der Waals surface area contributed by atoms with E-state index in [0.717, 1.165) is 27.1 Å². The molecule has 21 heavy (non-hydrogen) atoms. The second kappa shape index (κ2) is 4.31. The van der Waals surface area contributed by atoms with E-state index < -0.39 is 12.1 Å². The van der Waals surface area contributed by atoms with Crippen molar-refractivity contribution in [3.8, 4) is 0 Å². The summed E-state index contributed by atoms with van der Waals surface area (Å²) in [6, 6.07) is 17.1. The summed E-state index contributed by atoms with van der Waals surface area (Å²) in [7, 11) is 0. The van der Waals surface area contributed by atoms with Gasteiger partial charge in [-0.3, -0.25) is 10.1 Å². The van der Waals surface area contributed by atoms with Crippen LogP contribution in [0.4, 0.5) is 4.79 Å². The average Bonchev–Trinajstić information content (AvgIpc) is 2.85. The maximum absolute atomic E-state index is 11.8. The maximum Gasteiger partial charge on any atom is 0.322 e. The Balaban J connectivity index is 1.94. The molecule has 0 saturated carbocycles. The minimum Gasteiger partial charge on any atom is -0.322 e. The van der Waals surface area contributed by atoms with Gasteiger partial charge in [0.15, 0.2) is 0 Å². The molecule has 1 aliphatic heterocycles. The fourth-order valence-electron chi connectivity index (χ4n) is 2.85. The molecule has 1 aliphatic rings. The largest absolute Gasteiger partial charge is 0.322 e. The monoisotopic (exact) mass is 276 g/mol. The Kier molecular flexibility index (Phi) is 2.44. The van der Waals surface area contributed by atoms with Crippen LogP contribution in [0, 0.1) is 0 Å². The lowest BCUT2D eigenvalue weighted by Crippen LogP contribution is -2.22. The molecule has 2 N–H and O–H groups in total. The summed E-state index contributed by atoms with van der Waals surface area (Å²) in [5.41, 5.74) is 0.794. The van der Waals surface area contributed by atoms with Gasteiger partial charge in [0.25, 0.3) is 5.91 Å². The zero-order chi connectivity index (χ0) is 14.4. The molecule has 0 bridgehead atoms. The first-order chi connectivity index (χ1) is 10.2. The number of rotatable bonds is 1. The summed E-state index contributed by atoms with van der Waals surface area (Å²) >= 11 is 0. The highest BCUT2D eigenvalue weighted by Crippen LogP contribution is 2.28. The Bertz CT molecular complexity index is 902. The smallest absolute Gasteiger partial charge is 0.322 e. The highest BCUT2D eigenvalue weighted by molar-refractivity contribution is 6.09. The molecular formula is C17H12N2O2. The van der Waals surface area contributed by atoms with Gasteiger partial charge >= 0.3 is 6.03 Å². The van der Waals surface area contributed by atoms with Gasteiger partial charge in [-0.2, -0.15) is 0 Å². The van der Waals surface area contributed by atoms with Crippen LogP contribution in [0.25, 0.3) is 21.5 Å². The van der Waals surface area contributed by atoms with Crippen molar-refractivity contribution in [1.82, 2.24) is 10.6 Å². The molecule has 0 radical (unpaired) electrons. The van der Waals surface area contributed by atoms with Crippen molar-refractivity contribution in [1.29, 1.82) is 0 Å². The van der Waals surface area contributed by atoms with Gasteiger partial charge in [0, 0.05) is 0 Å². The van der Waals surface area contributed by atoms with Crippen molar-refractivity contribution in [2.75, 3.05) is 0 Å². The zero-order valence-corrected chi connectivity index (χ0v) is 11.1. The van der Waals surface area contributed by atoms with Crippen LogP contribution in [0.15, 0.2) is 54.6 Å². The quantitative estimate of drug-likeness (QED) is 0.530. The Morgan fingerprint density at radius 1 is 0.810 bits per heavy atom. The number of imide groups is 1. The Hall–Kier alpha value is -2.88. The number of amides is 3. The number of fused-ring (bicyclic) bond motifs is 3. The molecule has 102 valence electrons. The molecule has 1 atom stereocenters. The van der Waals surface area contributed by atoms with E-state index in [0.29, 0.717) is 0 Å². The van der Waals surface area contributed by atoms with Gasteiger partial charge in [-0.25, -0.2) is 4.79 Å². The number of carbonyl (C=O) groups is 2. The van der Waals surface area contributed by atoms with Crippen LogP contribution in [0.5, 0.6) is 0 Å². The minimum atomic E-state index is -0.610. The van der Waals surface area contributed by atoms with Crippen LogP contribution in [-0.4, -0.2) is 11.9 Å². The highest BCUT2D eigenvalue weighted by atomic mass is 16.2. The first-order valence-electron chi connectivity index (χ1n) is 6.75. The predicted octanol–water partition coefficient (Wildman–Crippen LogP) is 2.87. The highest BCUT2D eigenvalue weighted by Gasteiger charge is 2.30. The van der Waals surface area contributed by atoms with E-state index in [1.165, 1.54) is 0 Å². The molecule has 1 saturated heterocycles. The number of urea groups is 1. The Labute approximate surface area is 120 Å². The predicted molar refractivity (Wildman–Crippen MR) is 80.9 cm³/mol. The van der Waals surface area contributed by atoms with Crippen molar-refractivity contribution >= 4 is 33.5 Å². The van der Waals surface area contributed by atoms with Crippen LogP contribution in [0.3, 0.4) is 0 Å². The maximum atomic E-state index is 11.8. The van der Waals surface area contributed by atoms with Crippen LogP contribution in [0.1, 0.15) is 11.6 Å². The molecule has 1 unspecified atom stereocenters. The summed E-state index contributed by atoms with van der Waals surface area (Å²) in [5.74, 6) is -0.306. The van der Waals surface area contributed by atoms with Crippen LogP contribution >= 0.6 is 0 Å². The second-order valence-corrected chi connectivity index (χ2v) is 5.16. The van der Waals surface area contributed by atoms with Gasteiger partial charge in [-0.1, -0.05) is 48.5 Å². The third-order valence-corrected chi connectivity index (χ3v) is 3.88. The summed E-state index contributed by atoms with van der Waals surface area (Å²) in [4.78, 5) is 23.1. The molecule has 0 aliphatic carbocycles. The normalized spacial score (nSPS) is 18.0. The number of benzene rings is 3. The number of hydrogen-bond donors (Lipinski definition) is 2. The average molecular weight is 276 g/mol. The van der Waals surface area contributed by atoms with Gasteiger partial charge in [-0.05, 0) is 33.2 Å². The summed E-state index contributed by atoms with van der Waals surface area (Å²) in [6.07, 6.45) is 0. The fraction of sp³-hybridized carbons (Fsp3) is 0.0588. The lowest BCUT2D eigenvalue weighted by atomic mass is 9.97. The molecule has 1 heterocycles. The number of carbonyl (C=O) groups excluding carboxylic acids is 2. The molecule has 4 heteroatoms. The molecule has 0 aromatic heterocycles. The van der Waals surface area contributed by atoms with Crippen LogP contribution in [0.2, 0.25) is 0 Å². The standard InChI is InChI=1S/C17H12N2O2/c20-16-15(18-17(21)19-16)12-8-7-11-6-5-10-3-1-2-4-13(10)14(11)9-12/h1-9,15H,(H2,18,19,20,21). The van der Waals surface area contributed by atoms with Crippen molar-refractivity contribution in [2.24, 2.45) is 0 Å². The van der Waals surface area contributed by atoms with E-state index in [-0.39, 0.29) is 5.91 Å². The lowest BCUT2D eigenvalue weighted by molar-refractivity contribution is -0.120. The van der Waals surface area contributed by atoms with Crippen molar-refractivity contribution in [3.05, 3.63) is 60.2 Å². The molecule has 4 nitrogen and oxygen atoms in total. The molecule has 1 fully saturated rings. The van der Waals surface area contributed by atoms with E-state index in [2.05, 4.69) is 34.9 Å². The Morgan fingerprint density at radius 2 is 1.52 bits per heavy atom. The molecule has 4 rings (SSSR count). The van der Waals surface area contributed by atoms with Gasteiger partial charge in [0.1, 0.15) is 6.04 Å². The third kappa shape index (κ3) is 1.84. The van der Waals surface area contributed by atoms with E-state index in [9.17, 15) is 9.59 Å². The zero-order valence-electron chi connectivity index (χ0n) is 11.1. The van der Waals surface area contributed by atoms with Crippen LogP contribution < -0.4 is 10.6 Å². The SMILES string of the molecule is O=C1NC(=O)C(c2ccc3ccc4ccccc4c3c2)N1. The first-order valence-corrected chi connectivity index (χ1v) is 6.75. The van der Waals surface area contributed by atoms with E-state index in [1.807, 2.05) is 30.3 Å². The topological polar surface area (TPSA) is 58.2 Å². The molecular weight excluding hydrogens is 264 g/mol. The van der Waals surface area contributed by atoms with Gasteiger partial charge in [-0.15, -0.1) is 0 Å². The van der Waals surface area contributed by atoms with E-state index in [4.69, 9.17) is 0 Å². The first kappa shape index (κ1) is 11.9. The van der Waals surface area contributed by atoms with E-state index >= 15 is 0 Å². The van der Waals surface area contributed by atoms with Crippen molar-refractivity contribution in [2.45, 2.75) is 6.04 Å². The Morgan fingerprint density at radius 3 is 2.29 bits per heavy atom. The summed E-state index contributed by atoms with van der Waals surface area (Å²) < 4.78 is 0. The van der Waals surface area contributed by atoms with E-state index in [1.54, 1.807) is 0 Å². The minimum absolute atomic E-state index is 0.306. The van der Waals surface area contributed by atoms with Crippen LogP contribution in [-0.2, 0) is 4.79 Å². The molecule has 3 amide bonds. The third-order valence-electron chi connectivity index (χ3n) is 3.88. The van der Waals surface area contributed by atoms with Crippen molar-refractivity contribution < 1.29 is 9.59 Å². The second-order valence-electron chi connectivity index (χ2n) is 5.16. The van der Waals surface area contributed by atoms with Gasteiger partial charge in [0.05, 0.1) is 0 Å². The van der Waals surface area contributed by atoms with Gasteiger partial charge < -0.3 is 5.32 Å².